The van der Waals surface area contributed by atoms with Gasteiger partial charge in [0.15, 0.2) is 0 Å². The van der Waals surface area contributed by atoms with Gasteiger partial charge < -0.3 is 9.47 Å². The fourth-order valence-corrected chi connectivity index (χ4v) is 3.46. The Bertz CT molecular complexity index is 637. The molecular weight excluding hydrogens is 351 g/mol. The summed E-state index contributed by atoms with van der Waals surface area (Å²) >= 11 is 1.58. The minimum Gasteiger partial charge on any atom is -0.486 e. The molecule has 0 amide bonds. The van der Waals surface area contributed by atoms with Gasteiger partial charge in [0, 0.05) is 31.6 Å². The van der Waals surface area contributed by atoms with Gasteiger partial charge in [-0.1, -0.05) is 0 Å². The summed E-state index contributed by atoms with van der Waals surface area (Å²) in [4.78, 5) is 2.32. The van der Waals surface area contributed by atoms with Crippen LogP contribution in [0, 0.1) is 0 Å². The first-order chi connectivity index (χ1) is 12.0. The van der Waals surface area contributed by atoms with E-state index in [-0.39, 0.29) is 6.10 Å². The van der Waals surface area contributed by atoms with Gasteiger partial charge in [-0.2, -0.15) is 24.5 Å². The van der Waals surface area contributed by atoms with E-state index in [0.717, 1.165) is 57.0 Å². The van der Waals surface area contributed by atoms with E-state index >= 15 is 0 Å². The molecule has 0 bridgehead atoms. The Morgan fingerprint density at radius 2 is 1.84 bits per heavy atom. The summed E-state index contributed by atoms with van der Waals surface area (Å²) < 4.78 is 49.4. The Hall–Kier alpha value is -1.57. The van der Waals surface area contributed by atoms with Crippen LogP contribution in [0.2, 0.25) is 0 Å². The van der Waals surface area contributed by atoms with Gasteiger partial charge >= 0.3 is 6.18 Å². The zero-order chi connectivity index (χ0) is 17.7. The lowest BCUT2D eigenvalue weighted by Gasteiger charge is -2.28. The largest absolute Gasteiger partial charge is 0.486 e. The molecule has 0 spiro atoms. The highest BCUT2D eigenvalue weighted by molar-refractivity contribution is 7.07. The van der Waals surface area contributed by atoms with Gasteiger partial charge in [-0.15, -0.1) is 0 Å². The molecule has 136 valence electrons. The third-order valence-corrected chi connectivity index (χ3v) is 4.89. The molecule has 1 aliphatic rings. The molecule has 1 aromatic heterocycles. The van der Waals surface area contributed by atoms with Crippen molar-refractivity contribution >= 4 is 11.3 Å². The Morgan fingerprint density at radius 1 is 1.12 bits per heavy atom. The molecule has 0 aliphatic carbocycles. The zero-order valence-electron chi connectivity index (χ0n) is 13.7. The number of thiophene rings is 1. The Labute approximate surface area is 149 Å². The van der Waals surface area contributed by atoms with E-state index in [9.17, 15) is 13.2 Å². The number of halogens is 3. The molecular formula is C18H20F3NO2S. The number of ether oxygens (including phenoxy) is 2. The molecule has 3 rings (SSSR count). The smallest absolute Gasteiger partial charge is 0.416 e. The van der Waals surface area contributed by atoms with E-state index in [1.807, 2.05) is 16.8 Å². The molecule has 1 aliphatic heterocycles. The van der Waals surface area contributed by atoms with Gasteiger partial charge in [0.05, 0.1) is 18.8 Å². The summed E-state index contributed by atoms with van der Waals surface area (Å²) in [5, 5.41) is 4.00. The first kappa shape index (κ1) is 18.2. The zero-order valence-corrected chi connectivity index (χ0v) is 14.5. The predicted octanol–water partition coefficient (Wildman–Crippen LogP) is 4.61. The first-order valence-electron chi connectivity index (χ1n) is 8.18. The number of alkyl halides is 3. The second kappa shape index (κ2) is 8.21. The summed E-state index contributed by atoms with van der Waals surface area (Å²) in [6, 6.07) is 6.89. The molecule has 0 radical (unpaired) electrons. The van der Waals surface area contributed by atoms with Crippen LogP contribution in [0.3, 0.4) is 0 Å². The SMILES string of the molecule is FC(F)(F)c1ccc(OC(CCN2CCOCC2)c2ccsc2)cc1. The third kappa shape index (κ3) is 5.20. The lowest BCUT2D eigenvalue weighted by molar-refractivity contribution is -0.137. The van der Waals surface area contributed by atoms with E-state index < -0.39 is 11.7 Å². The Balaban J connectivity index is 1.65. The highest BCUT2D eigenvalue weighted by Gasteiger charge is 2.30. The third-order valence-electron chi connectivity index (χ3n) is 4.19. The minimum atomic E-state index is -4.33. The maximum absolute atomic E-state index is 12.7. The number of morpholine rings is 1. The van der Waals surface area contributed by atoms with Crippen LogP contribution in [0.4, 0.5) is 13.2 Å². The van der Waals surface area contributed by atoms with Gasteiger partial charge in [0.1, 0.15) is 11.9 Å². The summed E-state index contributed by atoms with van der Waals surface area (Å²) in [6.45, 7) is 4.14. The van der Waals surface area contributed by atoms with Gasteiger partial charge in [-0.3, -0.25) is 4.90 Å². The van der Waals surface area contributed by atoms with Crippen molar-refractivity contribution in [2.45, 2.75) is 18.7 Å². The fraction of sp³-hybridized carbons (Fsp3) is 0.444. The van der Waals surface area contributed by atoms with Crippen molar-refractivity contribution in [3.63, 3.8) is 0 Å². The molecule has 1 unspecified atom stereocenters. The fourth-order valence-electron chi connectivity index (χ4n) is 2.76. The Morgan fingerprint density at radius 3 is 2.44 bits per heavy atom. The van der Waals surface area contributed by atoms with E-state index in [2.05, 4.69) is 4.90 Å². The van der Waals surface area contributed by atoms with Crippen molar-refractivity contribution in [1.82, 2.24) is 4.90 Å². The standard InChI is InChI=1S/C18H20F3NO2S/c19-18(20,21)15-1-3-16(4-2-15)24-17(14-6-12-25-13-14)5-7-22-8-10-23-11-9-22/h1-4,6,12-13,17H,5,7-11H2. The van der Waals surface area contributed by atoms with Crippen LogP contribution >= 0.6 is 11.3 Å². The normalized spacial score (nSPS) is 17.4. The van der Waals surface area contributed by atoms with Crippen LogP contribution < -0.4 is 4.74 Å². The van der Waals surface area contributed by atoms with Crippen LogP contribution in [0.5, 0.6) is 5.75 Å². The second-order valence-electron chi connectivity index (χ2n) is 5.93. The summed E-state index contributed by atoms with van der Waals surface area (Å²) in [7, 11) is 0. The molecule has 1 aromatic carbocycles. The number of rotatable bonds is 6. The van der Waals surface area contributed by atoms with Gasteiger partial charge in [0.2, 0.25) is 0 Å². The van der Waals surface area contributed by atoms with Crippen molar-refractivity contribution in [3.8, 4) is 5.75 Å². The number of hydrogen-bond acceptors (Lipinski definition) is 4. The topological polar surface area (TPSA) is 21.7 Å². The van der Waals surface area contributed by atoms with Crippen LogP contribution in [0.15, 0.2) is 41.1 Å². The number of nitrogens with zero attached hydrogens (tertiary/aromatic N) is 1. The van der Waals surface area contributed by atoms with E-state index in [0.29, 0.717) is 5.75 Å². The van der Waals surface area contributed by atoms with Crippen LogP contribution in [-0.2, 0) is 10.9 Å². The number of benzene rings is 1. The molecule has 25 heavy (non-hydrogen) atoms. The molecule has 2 heterocycles. The summed E-state index contributed by atoms with van der Waals surface area (Å²) in [5.41, 5.74) is 0.387. The van der Waals surface area contributed by atoms with E-state index in [1.54, 1.807) is 11.3 Å². The van der Waals surface area contributed by atoms with Gasteiger partial charge in [-0.25, -0.2) is 0 Å². The van der Waals surface area contributed by atoms with Crippen molar-refractivity contribution in [2.24, 2.45) is 0 Å². The summed E-state index contributed by atoms with van der Waals surface area (Å²) in [5.74, 6) is 0.450. The van der Waals surface area contributed by atoms with Gasteiger partial charge in [0.25, 0.3) is 0 Å². The molecule has 0 saturated carbocycles. The quantitative estimate of drug-likeness (QED) is 0.740. The second-order valence-corrected chi connectivity index (χ2v) is 6.71. The predicted molar refractivity (Wildman–Crippen MR) is 91.0 cm³/mol. The molecule has 3 nitrogen and oxygen atoms in total. The van der Waals surface area contributed by atoms with Crippen LogP contribution in [0.25, 0.3) is 0 Å². The first-order valence-corrected chi connectivity index (χ1v) is 9.13. The monoisotopic (exact) mass is 371 g/mol. The lowest BCUT2D eigenvalue weighted by atomic mass is 10.1. The number of hydrogen-bond donors (Lipinski definition) is 0. The van der Waals surface area contributed by atoms with Crippen LogP contribution in [-0.4, -0.2) is 37.7 Å². The minimum absolute atomic E-state index is 0.175. The summed E-state index contributed by atoms with van der Waals surface area (Å²) in [6.07, 6.45) is -3.73. The highest BCUT2D eigenvalue weighted by atomic mass is 32.1. The molecule has 1 fully saturated rings. The van der Waals surface area contributed by atoms with E-state index in [4.69, 9.17) is 9.47 Å². The molecule has 0 N–H and O–H groups in total. The molecule has 1 saturated heterocycles. The maximum atomic E-state index is 12.7. The average Bonchev–Trinajstić information content (AvgIpc) is 3.13. The molecule has 2 aromatic rings. The lowest BCUT2D eigenvalue weighted by Crippen LogP contribution is -2.37. The van der Waals surface area contributed by atoms with Crippen molar-refractivity contribution in [3.05, 3.63) is 52.2 Å². The van der Waals surface area contributed by atoms with Crippen LogP contribution in [0.1, 0.15) is 23.7 Å². The van der Waals surface area contributed by atoms with E-state index in [1.165, 1.54) is 12.1 Å². The average molecular weight is 371 g/mol. The van der Waals surface area contributed by atoms with Crippen molar-refractivity contribution < 1.29 is 22.6 Å². The maximum Gasteiger partial charge on any atom is 0.416 e. The Kier molecular flexibility index (Phi) is 5.98. The van der Waals surface area contributed by atoms with Crippen molar-refractivity contribution in [2.75, 3.05) is 32.8 Å². The molecule has 7 heteroatoms. The molecule has 1 atom stereocenters. The van der Waals surface area contributed by atoms with Crippen molar-refractivity contribution in [1.29, 1.82) is 0 Å². The van der Waals surface area contributed by atoms with Gasteiger partial charge in [-0.05, 0) is 41.1 Å². The highest BCUT2D eigenvalue weighted by Crippen LogP contribution is 2.32.